The lowest BCUT2D eigenvalue weighted by atomic mass is 10.1. The van der Waals surface area contributed by atoms with Crippen LogP contribution in [0, 0.1) is 0 Å². The van der Waals surface area contributed by atoms with E-state index in [1.165, 1.54) is 10.5 Å². The van der Waals surface area contributed by atoms with Gasteiger partial charge in [0.15, 0.2) is 6.10 Å². The molecule has 1 fully saturated rings. The summed E-state index contributed by atoms with van der Waals surface area (Å²) < 4.78 is 5.12. The maximum Gasteiger partial charge on any atom is 0.334 e. The van der Waals surface area contributed by atoms with E-state index in [2.05, 4.69) is 12.1 Å². The fourth-order valence-corrected chi connectivity index (χ4v) is 2.36. The largest absolute Gasteiger partial charge is 0.479 e. The van der Waals surface area contributed by atoms with Gasteiger partial charge in [0, 0.05) is 12.6 Å². The summed E-state index contributed by atoms with van der Waals surface area (Å²) in [7, 11) is 0. The maximum absolute atomic E-state index is 12.2. The van der Waals surface area contributed by atoms with Crippen LogP contribution in [0.25, 0.3) is 0 Å². The molecule has 0 aliphatic carbocycles. The molecule has 1 atom stereocenters. The van der Waals surface area contributed by atoms with Crippen LogP contribution in [0.1, 0.15) is 18.9 Å². The summed E-state index contributed by atoms with van der Waals surface area (Å²) in [4.78, 5) is 24.7. The fourth-order valence-electron chi connectivity index (χ4n) is 2.36. The number of ether oxygens (including phenoxy) is 1. The van der Waals surface area contributed by atoms with Gasteiger partial charge in [-0.1, -0.05) is 35.9 Å². The summed E-state index contributed by atoms with van der Waals surface area (Å²) in [6.07, 6.45) is 2.38. The number of rotatable bonds is 5. The molecule has 1 unspecified atom stereocenters. The molecule has 0 radical (unpaired) electrons. The van der Waals surface area contributed by atoms with E-state index in [1.54, 1.807) is 6.08 Å². The van der Waals surface area contributed by atoms with Crippen molar-refractivity contribution in [1.82, 2.24) is 4.90 Å². The van der Waals surface area contributed by atoms with Crippen LogP contribution in [0.15, 0.2) is 42.0 Å². The fraction of sp³-hybridized carbons (Fsp3) is 0.412. The number of carbonyl (C=O) groups is 2. The van der Waals surface area contributed by atoms with Gasteiger partial charge in [0.05, 0.1) is 13.2 Å². The first-order valence-corrected chi connectivity index (χ1v) is 7.40. The predicted octanol–water partition coefficient (Wildman–Crippen LogP) is 1.88. The number of benzene rings is 1. The van der Waals surface area contributed by atoms with Crippen LogP contribution in [0.3, 0.4) is 0 Å². The van der Waals surface area contributed by atoms with Crippen molar-refractivity contribution in [2.24, 2.45) is 0 Å². The molecule has 1 aromatic rings. The zero-order valence-corrected chi connectivity index (χ0v) is 12.7. The van der Waals surface area contributed by atoms with Crippen molar-refractivity contribution in [3.63, 3.8) is 0 Å². The summed E-state index contributed by atoms with van der Waals surface area (Å²) in [5.74, 6) is -1.16. The second kappa shape index (κ2) is 7.75. The van der Waals surface area contributed by atoms with E-state index in [0.717, 1.165) is 18.4 Å². The molecule has 1 saturated heterocycles. The van der Waals surface area contributed by atoms with Gasteiger partial charge in [-0.3, -0.25) is 4.79 Å². The number of nitrogens with zero attached hydrogens (tertiary/aromatic N) is 1. The zero-order valence-electron chi connectivity index (χ0n) is 12.7. The number of aryl methyl sites for hydroxylation is 1. The number of amides is 1. The van der Waals surface area contributed by atoms with Crippen molar-refractivity contribution >= 4 is 11.9 Å². The Balaban J connectivity index is 1.87. The van der Waals surface area contributed by atoms with Crippen LogP contribution in [-0.2, 0) is 20.7 Å². The van der Waals surface area contributed by atoms with E-state index in [-0.39, 0.29) is 19.1 Å². The molecule has 0 bridgehead atoms. The smallest absolute Gasteiger partial charge is 0.334 e. The number of carboxylic acid groups (broad SMARTS) is 1. The first kappa shape index (κ1) is 16.2. The molecule has 5 heteroatoms. The van der Waals surface area contributed by atoms with Crippen molar-refractivity contribution in [3.8, 4) is 0 Å². The van der Waals surface area contributed by atoms with E-state index < -0.39 is 12.1 Å². The van der Waals surface area contributed by atoms with Crippen LogP contribution >= 0.6 is 0 Å². The van der Waals surface area contributed by atoms with Gasteiger partial charge < -0.3 is 14.7 Å². The van der Waals surface area contributed by atoms with Gasteiger partial charge in [0.2, 0.25) is 5.91 Å². The summed E-state index contributed by atoms with van der Waals surface area (Å²) in [5.41, 5.74) is 2.23. The number of allylic oxidation sites excluding steroid dienone is 1. The van der Waals surface area contributed by atoms with E-state index in [9.17, 15) is 9.59 Å². The molecule has 1 heterocycles. The molecule has 1 amide bonds. The Morgan fingerprint density at radius 1 is 1.36 bits per heavy atom. The highest BCUT2D eigenvalue weighted by Gasteiger charge is 2.28. The van der Waals surface area contributed by atoms with Crippen molar-refractivity contribution in [2.45, 2.75) is 25.9 Å². The number of carbonyl (C=O) groups excluding carboxylic acids is 1. The van der Waals surface area contributed by atoms with Gasteiger partial charge in [0.1, 0.15) is 0 Å². The third-order valence-corrected chi connectivity index (χ3v) is 3.67. The molecule has 1 aliphatic rings. The second-order valence-corrected chi connectivity index (χ2v) is 5.46. The second-order valence-electron chi connectivity index (χ2n) is 5.46. The lowest BCUT2D eigenvalue weighted by Gasteiger charge is -2.30. The number of aliphatic carboxylic acids is 1. The van der Waals surface area contributed by atoms with Gasteiger partial charge in [-0.05, 0) is 25.3 Å². The lowest BCUT2D eigenvalue weighted by molar-refractivity contribution is -0.158. The Morgan fingerprint density at radius 2 is 2.09 bits per heavy atom. The van der Waals surface area contributed by atoms with E-state index in [4.69, 9.17) is 9.84 Å². The standard InChI is InChI=1S/C17H21NO4/c1-13(7-8-14-5-3-2-4-6-14)11-16(19)18-9-10-22-15(12-18)17(20)21/h2-6,11,15H,7-10,12H2,1H3,(H,20,21)/b13-11-. The van der Waals surface area contributed by atoms with Gasteiger partial charge in [-0.15, -0.1) is 0 Å². The van der Waals surface area contributed by atoms with E-state index in [0.29, 0.717) is 6.54 Å². The minimum Gasteiger partial charge on any atom is -0.479 e. The zero-order chi connectivity index (χ0) is 15.9. The average molecular weight is 303 g/mol. The Labute approximate surface area is 130 Å². The minimum atomic E-state index is -1.03. The van der Waals surface area contributed by atoms with Gasteiger partial charge in [-0.25, -0.2) is 4.79 Å². The Kier molecular flexibility index (Phi) is 5.72. The van der Waals surface area contributed by atoms with Crippen LogP contribution in [0.2, 0.25) is 0 Å². The number of hydrogen-bond donors (Lipinski definition) is 1. The van der Waals surface area contributed by atoms with Crippen molar-refractivity contribution < 1.29 is 19.4 Å². The normalized spacial score (nSPS) is 19.0. The summed E-state index contributed by atoms with van der Waals surface area (Å²) in [5, 5.41) is 8.95. The molecule has 0 saturated carbocycles. The summed E-state index contributed by atoms with van der Waals surface area (Å²) in [6.45, 7) is 2.73. The first-order chi connectivity index (χ1) is 10.6. The van der Waals surface area contributed by atoms with Crippen LogP contribution in [0.4, 0.5) is 0 Å². The Morgan fingerprint density at radius 3 is 2.77 bits per heavy atom. The van der Waals surface area contributed by atoms with Crippen molar-refractivity contribution in [3.05, 3.63) is 47.5 Å². The molecule has 1 aliphatic heterocycles. The number of carboxylic acids is 1. The summed E-state index contributed by atoms with van der Waals surface area (Å²) in [6, 6.07) is 10.1. The van der Waals surface area contributed by atoms with E-state index in [1.807, 2.05) is 25.1 Å². The average Bonchev–Trinajstić information content (AvgIpc) is 2.54. The molecule has 5 nitrogen and oxygen atoms in total. The molecule has 1 N–H and O–H groups in total. The van der Waals surface area contributed by atoms with Crippen LogP contribution in [0.5, 0.6) is 0 Å². The molecule has 22 heavy (non-hydrogen) atoms. The van der Waals surface area contributed by atoms with Crippen LogP contribution in [-0.4, -0.2) is 47.7 Å². The highest BCUT2D eigenvalue weighted by Crippen LogP contribution is 2.11. The van der Waals surface area contributed by atoms with Crippen LogP contribution < -0.4 is 0 Å². The summed E-state index contributed by atoms with van der Waals surface area (Å²) >= 11 is 0. The highest BCUT2D eigenvalue weighted by atomic mass is 16.5. The van der Waals surface area contributed by atoms with Gasteiger partial charge in [-0.2, -0.15) is 0 Å². The number of hydrogen-bond acceptors (Lipinski definition) is 3. The topological polar surface area (TPSA) is 66.8 Å². The van der Waals surface area contributed by atoms with Gasteiger partial charge >= 0.3 is 5.97 Å². The molecule has 1 aromatic carbocycles. The molecule has 118 valence electrons. The number of morpholine rings is 1. The van der Waals surface area contributed by atoms with E-state index >= 15 is 0 Å². The first-order valence-electron chi connectivity index (χ1n) is 7.40. The Hall–Kier alpha value is -2.14. The molecular formula is C17H21NO4. The molecule has 0 aromatic heterocycles. The van der Waals surface area contributed by atoms with Crippen molar-refractivity contribution in [1.29, 1.82) is 0 Å². The minimum absolute atomic E-state index is 0.108. The highest BCUT2D eigenvalue weighted by molar-refractivity contribution is 5.89. The monoisotopic (exact) mass is 303 g/mol. The third-order valence-electron chi connectivity index (χ3n) is 3.67. The Bertz CT molecular complexity index is 553. The lowest BCUT2D eigenvalue weighted by Crippen LogP contribution is -2.48. The quantitative estimate of drug-likeness (QED) is 0.843. The van der Waals surface area contributed by atoms with Crippen molar-refractivity contribution in [2.75, 3.05) is 19.7 Å². The molecule has 0 spiro atoms. The van der Waals surface area contributed by atoms with Gasteiger partial charge in [0.25, 0.3) is 0 Å². The predicted molar refractivity (Wildman–Crippen MR) is 82.5 cm³/mol. The SMILES string of the molecule is C/C(=C/C(=O)N1CCOC(C(=O)O)C1)CCc1ccccc1. The third kappa shape index (κ3) is 4.70. The maximum atomic E-state index is 12.2. The molecular weight excluding hydrogens is 282 g/mol. The molecule has 2 rings (SSSR count).